The summed E-state index contributed by atoms with van der Waals surface area (Å²) < 4.78 is 0. The summed E-state index contributed by atoms with van der Waals surface area (Å²) in [5.41, 5.74) is 2.92. The van der Waals surface area contributed by atoms with E-state index in [2.05, 4.69) is 10.3 Å². The third-order valence-corrected chi connectivity index (χ3v) is 2.17. The summed E-state index contributed by atoms with van der Waals surface area (Å²) in [5, 5.41) is 1.02. The van der Waals surface area contributed by atoms with Crippen LogP contribution in [0.4, 0.5) is 0 Å². The maximum absolute atomic E-state index is 11.1. The van der Waals surface area contributed by atoms with Gasteiger partial charge in [0.05, 0.1) is 13.5 Å². The third kappa shape index (κ3) is 3.18. The lowest BCUT2D eigenvalue weighted by atomic mass is 10.1. The highest BCUT2D eigenvalue weighted by molar-refractivity contribution is 6.35. The van der Waals surface area contributed by atoms with Crippen molar-refractivity contribution in [2.24, 2.45) is 0 Å². The van der Waals surface area contributed by atoms with Crippen molar-refractivity contribution >= 4 is 29.1 Å². The number of carbonyl (C=O) groups is 1. The van der Waals surface area contributed by atoms with Crippen molar-refractivity contribution in [2.45, 2.75) is 6.42 Å². The average molecular weight is 234 g/mol. The van der Waals surface area contributed by atoms with E-state index in [4.69, 9.17) is 23.2 Å². The summed E-state index contributed by atoms with van der Waals surface area (Å²) in [5.74, 6) is -0.253. The number of benzene rings is 1. The van der Waals surface area contributed by atoms with Gasteiger partial charge < -0.3 is 0 Å². The molecule has 5 heteroatoms. The van der Waals surface area contributed by atoms with E-state index in [1.807, 2.05) is 0 Å². The molecule has 0 atom stereocenters. The minimum absolute atomic E-state index is 0.170. The maximum Gasteiger partial charge on any atom is 0.247 e. The van der Waals surface area contributed by atoms with Crippen LogP contribution >= 0.6 is 23.2 Å². The zero-order chi connectivity index (χ0) is 10.6. The van der Waals surface area contributed by atoms with Gasteiger partial charge in [0.15, 0.2) is 0 Å². The van der Waals surface area contributed by atoms with E-state index in [9.17, 15) is 4.79 Å². The fraction of sp³-hybridized carbons (Fsp3) is 0.222. The Balaban J connectivity index is 2.72. The minimum atomic E-state index is -0.253. The first-order valence-corrected chi connectivity index (χ1v) is 4.65. The highest BCUT2D eigenvalue weighted by Gasteiger charge is 2.06. The average Bonchev–Trinajstić information content (AvgIpc) is 2.10. The topological polar surface area (TPSA) is 38.3 Å². The van der Waals surface area contributed by atoms with Gasteiger partial charge in [0.2, 0.25) is 5.91 Å². The standard InChI is InChI=1S/C9H9Cl2NO2/c1-14-12-9(13)4-6-2-3-7(10)5-8(6)11/h2-3,5H,4H2,1H3,(H,12,13). The lowest BCUT2D eigenvalue weighted by molar-refractivity contribution is -0.130. The number of rotatable bonds is 3. The van der Waals surface area contributed by atoms with Gasteiger partial charge >= 0.3 is 0 Å². The maximum atomic E-state index is 11.1. The van der Waals surface area contributed by atoms with Crippen molar-refractivity contribution < 1.29 is 9.63 Å². The molecule has 0 saturated carbocycles. The van der Waals surface area contributed by atoms with E-state index in [0.29, 0.717) is 15.6 Å². The van der Waals surface area contributed by atoms with Gasteiger partial charge in [-0.25, -0.2) is 5.48 Å². The molecule has 0 heterocycles. The van der Waals surface area contributed by atoms with E-state index in [1.165, 1.54) is 7.11 Å². The molecular formula is C9H9Cl2NO2. The quantitative estimate of drug-likeness (QED) is 0.814. The highest BCUT2D eigenvalue weighted by atomic mass is 35.5. The van der Waals surface area contributed by atoms with Crippen molar-refractivity contribution in [3.63, 3.8) is 0 Å². The normalized spacial score (nSPS) is 9.93. The zero-order valence-corrected chi connectivity index (χ0v) is 9.02. The highest BCUT2D eigenvalue weighted by Crippen LogP contribution is 2.21. The molecule has 0 unspecified atom stereocenters. The summed E-state index contributed by atoms with van der Waals surface area (Å²) in [6, 6.07) is 4.99. The van der Waals surface area contributed by atoms with Crippen molar-refractivity contribution in [2.75, 3.05) is 7.11 Å². The van der Waals surface area contributed by atoms with Crippen molar-refractivity contribution in [1.29, 1.82) is 0 Å². The van der Waals surface area contributed by atoms with Crippen LogP contribution in [-0.2, 0) is 16.1 Å². The number of nitrogens with one attached hydrogen (secondary N) is 1. The Morgan fingerprint density at radius 2 is 2.21 bits per heavy atom. The zero-order valence-electron chi connectivity index (χ0n) is 7.51. The molecule has 1 aromatic rings. The predicted octanol–water partition coefficient (Wildman–Crippen LogP) is 2.21. The van der Waals surface area contributed by atoms with E-state index in [0.717, 1.165) is 0 Å². The SMILES string of the molecule is CONC(=O)Cc1ccc(Cl)cc1Cl. The van der Waals surface area contributed by atoms with Gasteiger partial charge in [-0.2, -0.15) is 0 Å². The lowest BCUT2D eigenvalue weighted by Gasteiger charge is -2.04. The van der Waals surface area contributed by atoms with Gasteiger partial charge in [0.25, 0.3) is 0 Å². The Morgan fingerprint density at radius 3 is 2.79 bits per heavy atom. The van der Waals surface area contributed by atoms with Gasteiger partial charge in [-0.15, -0.1) is 0 Å². The van der Waals surface area contributed by atoms with E-state index in [-0.39, 0.29) is 12.3 Å². The lowest BCUT2D eigenvalue weighted by Crippen LogP contribution is -2.23. The first kappa shape index (κ1) is 11.3. The molecule has 14 heavy (non-hydrogen) atoms. The van der Waals surface area contributed by atoms with Crippen LogP contribution in [0.2, 0.25) is 10.0 Å². The molecule has 76 valence electrons. The second-order valence-electron chi connectivity index (χ2n) is 2.64. The Hall–Kier alpha value is -0.770. The molecular weight excluding hydrogens is 225 g/mol. The van der Waals surface area contributed by atoms with Crippen LogP contribution in [0.5, 0.6) is 0 Å². The van der Waals surface area contributed by atoms with Crippen LogP contribution in [0.1, 0.15) is 5.56 Å². The van der Waals surface area contributed by atoms with E-state index >= 15 is 0 Å². The second kappa shape index (κ2) is 5.20. The largest absolute Gasteiger partial charge is 0.277 e. The number of hydrogen-bond acceptors (Lipinski definition) is 2. The Labute approximate surface area is 91.9 Å². The number of carbonyl (C=O) groups excluding carboxylic acids is 1. The minimum Gasteiger partial charge on any atom is -0.277 e. The molecule has 1 N–H and O–H groups in total. The van der Waals surface area contributed by atoms with Crippen LogP contribution in [0.3, 0.4) is 0 Å². The molecule has 0 aromatic heterocycles. The van der Waals surface area contributed by atoms with Crippen molar-refractivity contribution in [3.05, 3.63) is 33.8 Å². The van der Waals surface area contributed by atoms with Crippen LogP contribution in [0.25, 0.3) is 0 Å². The number of amides is 1. The van der Waals surface area contributed by atoms with Gasteiger partial charge in [-0.05, 0) is 17.7 Å². The Morgan fingerprint density at radius 1 is 1.50 bits per heavy atom. The molecule has 0 saturated heterocycles. The summed E-state index contributed by atoms with van der Waals surface area (Å²) in [6.07, 6.45) is 0.170. The van der Waals surface area contributed by atoms with Crippen molar-refractivity contribution in [3.8, 4) is 0 Å². The van der Waals surface area contributed by atoms with Gasteiger partial charge in [0, 0.05) is 10.0 Å². The van der Waals surface area contributed by atoms with E-state index in [1.54, 1.807) is 18.2 Å². The predicted molar refractivity (Wildman–Crippen MR) is 55.3 cm³/mol. The Bertz CT molecular complexity index is 342. The summed E-state index contributed by atoms with van der Waals surface area (Å²) in [7, 11) is 1.38. The molecule has 0 fully saturated rings. The smallest absolute Gasteiger partial charge is 0.247 e. The van der Waals surface area contributed by atoms with Crippen LogP contribution in [-0.4, -0.2) is 13.0 Å². The molecule has 0 bridgehead atoms. The molecule has 0 aliphatic heterocycles. The fourth-order valence-electron chi connectivity index (χ4n) is 0.988. The third-order valence-electron chi connectivity index (χ3n) is 1.58. The van der Waals surface area contributed by atoms with Crippen LogP contribution < -0.4 is 5.48 Å². The first-order chi connectivity index (χ1) is 6.63. The molecule has 1 amide bonds. The molecule has 1 aromatic carbocycles. The number of halogens is 2. The van der Waals surface area contributed by atoms with Gasteiger partial charge in [0.1, 0.15) is 0 Å². The summed E-state index contributed by atoms with van der Waals surface area (Å²) in [6.45, 7) is 0. The van der Waals surface area contributed by atoms with Crippen molar-refractivity contribution in [1.82, 2.24) is 5.48 Å². The van der Waals surface area contributed by atoms with Gasteiger partial charge in [-0.3, -0.25) is 9.63 Å². The Kier molecular flexibility index (Phi) is 4.20. The monoisotopic (exact) mass is 233 g/mol. The molecule has 0 radical (unpaired) electrons. The number of hydrogen-bond donors (Lipinski definition) is 1. The molecule has 0 aliphatic rings. The van der Waals surface area contributed by atoms with E-state index < -0.39 is 0 Å². The second-order valence-corrected chi connectivity index (χ2v) is 3.49. The summed E-state index contributed by atoms with van der Waals surface area (Å²) >= 11 is 11.6. The van der Waals surface area contributed by atoms with Crippen LogP contribution in [0, 0.1) is 0 Å². The number of hydroxylamine groups is 1. The summed E-state index contributed by atoms with van der Waals surface area (Å²) in [4.78, 5) is 15.6. The molecule has 1 rings (SSSR count). The molecule has 3 nitrogen and oxygen atoms in total. The first-order valence-electron chi connectivity index (χ1n) is 3.89. The molecule has 0 spiro atoms. The fourth-order valence-corrected chi connectivity index (χ4v) is 1.46. The van der Waals surface area contributed by atoms with Crippen LogP contribution in [0.15, 0.2) is 18.2 Å². The van der Waals surface area contributed by atoms with Gasteiger partial charge in [-0.1, -0.05) is 29.3 Å². The molecule has 0 aliphatic carbocycles.